The standard InChI is InChI=1S/C11H19N3O/c1-11(2,3)14-9-5-6-13(4)7-8(9)10(15)12-14/h5-7H2,1-4H3,(H,12,15). The molecule has 0 fully saturated rings. The molecule has 1 aliphatic heterocycles. The Morgan fingerprint density at radius 3 is 2.60 bits per heavy atom. The number of fused-ring (bicyclic) bond motifs is 1. The summed E-state index contributed by atoms with van der Waals surface area (Å²) in [7, 11) is 2.05. The molecule has 0 aromatic carbocycles. The third kappa shape index (κ3) is 1.74. The molecule has 2 rings (SSSR count). The van der Waals surface area contributed by atoms with Gasteiger partial charge in [-0.2, -0.15) is 0 Å². The first-order chi connectivity index (χ1) is 6.89. The molecular formula is C11H19N3O. The number of nitrogens with zero attached hydrogens (tertiary/aromatic N) is 2. The lowest BCUT2D eigenvalue weighted by molar-refractivity contribution is 0.288. The van der Waals surface area contributed by atoms with Crippen LogP contribution in [0.4, 0.5) is 0 Å². The molecule has 0 amide bonds. The van der Waals surface area contributed by atoms with Gasteiger partial charge in [0.25, 0.3) is 5.56 Å². The van der Waals surface area contributed by atoms with Crippen LogP contribution in [0, 0.1) is 0 Å². The topological polar surface area (TPSA) is 41.0 Å². The van der Waals surface area contributed by atoms with Crippen molar-refractivity contribution in [3.8, 4) is 0 Å². The predicted molar refractivity (Wildman–Crippen MR) is 60.1 cm³/mol. The second-order valence-electron chi connectivity index (χ2n) is 5.36. The van der Waals surface area contributed by atoms with Gasteiger partial charge >= 0.3 is 0 Å². The van der Waals surface area contributed by atoms with Gasteiger partial charge in [0, 0.05) is 25.2 Å². The van der Waals surface area contributed by atoms with Gasteiger partial charge in [0.15, 0.2) is 0 Å². The maximum atomic E-state index is 11.8. The lowest BCUT2D eigenvalue weighted by Crippen LogP contribution is -2.31. The van der Waals surface area contributed by atoms with E-state index in [4.69, 9.17) is 0 Å². The molecule has 0 unspecified atom stereocenters. The molecule has 15 heavy (non-hydrogen) atoms. The Balaban J connectivity index is 2.53. The summed E-state index contributed by atoms with van der Waals surface area (Å²) in [5.41, 5.74) is 2.17. The predicted octanol–water partition coefficient (Wildman–Crippen LogP) is 0.919. The van der Waals surface area contributed by atoms with E-state index in [9.17, 15) is 4.79 Å². The fourth-order valence-electron chi connectivity index (χ4n) is 2.15. The van der Waals surface area contributed by atoms with Crippen molar-refractivity contribution in [1.29, 1.82) is 0 Å². The number of hydrogen-bond donors (Lipinski definition) is 1. The number of aromatic amines is 1. The van der Waals surface area contributed by atoms with Crippen LogP contribution < -0.4 is 5.56 Å². The quantitative estimate of drug-likeness (QED) is 0.690. The van der Waals surface area contributed by atoms with E-state index in [-0.39, 0.29) is 11.1 Å². The summed E-state index contributed by atoms with van der Waals surface area (Å²) in [5.74, 6) is 0. The van der Waals surface area contributed by atoms with Crippen molar-refractivity contribution in [1.82, 2.24) is 14.7 Å². The van der Waals surface area contributed by atoms with E-state index in [1.165, 1.54) is 5.69 Å². The molecular weight excluding hydrogens is 190 g/mol. The zero-order valence-corrected chi connectivity index (χ0v) is 9.92. The second-order valence-corrected chi connectivity index (χ2v) is 5.36. The Morgan fingerprint density at radius 1 is 1.33 bits per heavy atom. The Labute approximate surface area is 89.9 Å². The highest BCUT2D eigenvalue weighted by Crippen LogP contribution is 2.20. The van der Waals surface area contributed by atoms with Crippen molar-refractivity contribution in [3.05, 3.63) is 21.6 Å². The van der Waals surface area contributed by atoms with Gasteiger partial charge in [0.05, 0.1) is 11.1 Å². The molecule has 0 saturated carbocycles. The molecule has 84 valence electrons. The van der Waals surface area contributed by atoms with Crippen molar-refractivity contribution >= 4 is 0 Å². The monoisotopic (exact) mass is 209 g/mol. The number of H-pyrrole nitrogens is 1. The normalized spacial score (nSPS) is 17.9. The first-order valence-corrected chi connectivity index (χ1v) is 5.41. The summed E-state index contributed by atoms with van der Waals surface area (Å²) in [5, 5.41) is 2.95. The molecule has 0 bridgehead atoms. The van der Waals surface area contributed by atoms with Crippen LogP contribution in [0.5, 0.6) is 0 Å². The van der Waals surface area contributed by atoms with E-state index in [1.54, 1.807) is 0 Å². The van der Waals surface area contributed by atoms with E-state index in [1.807, 2.05) is 4.68 Å². The summed E-state index contributed by atoms with van der Waals surface area (Å²) < 4.78 is 2.03. The molecule has 4 nitrogen and oxygen atoms in total. The highest BCUT2D eigenvalue weighted by atomic mass is 16.1. The summed E-state index contributed by atoms with van der Waals surface area (Å²) in [4.78, 5) is 14.0. The Kier molecular flexibility index (Phi) is 2.26. The van der Waals surface area contributed by atoms with Crippen molar-refractivity contribution in [2.24, 2.45) is 0 Å². The number of rotatable bonds is 0. The SMILES string of the molecule is CN1CCc2c(c(=O)[nH]n2C(C)(C)C)C1. The average molecular weight is 209 g/mol. The van der Waals surface area contributed by atoms with E-state index in [0.717, 1.165) is 25.1 Å². The summed E-state index contributed by atoms with van der Waals surface area (Å²) >= 11 is 0. The highest BCUT2D eigenvalue weighted by Gasteiger charge is 2.25. The van der Waals surface area contributed by atoms with Crippen LogP contribution in [0.25, 0.3) is 0 Å². The van der Waals surface area contributed by atoms with Crippen molar-refractivity contribution in [3.63, 3.8) is 0 Å². The fourth-order valence-corrected chi connectivity index (χ4v) is 2.15. The van der Waals surface area contributed by atoms with Gasteiger partial charge in [0.1, 0.15) is 0 Å². The van der Waals surface area contributed by atoms with Crippen LogP contribution in [-0.2, 0) is 18.5 Å². The van der Waals surface area contributed by atoms with Gasteiger partial charge < -0.3 is 4.90 Å². The molecule has 1 aliphatic rings. The fraction of sp³-hybridized carbons (Fsp3) is 0.727. The van der Waals surface area contributed by atoms with Gasteiger partial charge in [-0.25, -0.2) is 0 Å². The lowest BCUT2D eigenvalue weighted by atomic mass is 10.0. The summed E-state index contributed by atoms with van der Waals surface area (Å²) in [6.07, 6.45) is 0.960. The van der Waals surface area contributed by atoms with Crippen LogP contribution in [-0.4, -0.2) is 28.3 Å². The van der Waals surface area contributed by atoms with Crippen LogP contribution >= 0.6 is 0 Å². The van der Waals surface area contributed by atoms with Gasteiger partial charge in [0.2, 0.25) is 0 Å². The molecule has 1 aromatic heterocycles. The Morgan fingerprint density at radius 2 is 2.00 bits per heavy atom. The van der Waals surface area contributed by atoms with Crippen molar-refractivity contribution in [2.75, 3.05) is 13.6 Å². The lowest BCUT2D eigenvalue weighted by Gasteiger charge is -2.28. The van der Waals surface area contributed by atoms with Gasteiger partial charge in [-0.3, -0.25) is 14.6 Å². The molecule has 0 aliphatic carbocycles. The third-order valence-corrected chi connectivity index (χ3v) is 2.93. The first kappa shape index (κ1) is 10.5. The largest absolute Gasteiger partial charge is 0.301 e. The van der Waals surface area contributed by atoms with Crippen LogP contribution in [0.2, 0.25) is 0 Å². The minimum absolute atomic E-state index is 0.0390. The number of hydrogen-bond acceptors (Lipinski definition) is 2. The van der Waals surface area contributed by atoms with E-state index in [2.05, 4.69) is 37.8 Å². The smallest absolute Gasteiger partial charge is 0.268 e. The van der Waals surface area contributed by atoms with Gasteiger partial charge in [-0.1, -0.05) is 0 Å². The number of likely N-dealkylation sites (N-methyl/N-ethyl adjacent to an activating group) is 1. The molecule has 2 heterocycles. The third-order valence-electron chi connectivity index (χ3n) is 2.93. The first-order valence-electron chi connectivity index (χ1n) is 5.41. The Bertz CT molecular complexity index is 422. The zero-order chi connectivity index (χ0) is 11.2. The molecule has 0 saturated heterocycles. The molecule has 0 radical (unpaired) electrons. The molecule has 0 spiro atoms. The average Bonchev–Trinajstić information content (AvgIpc) is 2.43. The zero-order valence-electron chi connectivity index (χ0n) is 9.92. The molecule has 1 aromatic rings. The minimum atomic E-state index is -0.0390. The highest BCUT2D eigenvalue weighted by molar-refractivity contribution is 5.22. The second kappa shape index (κ2) is 3.23. The van der Waals surface area contributed by atoms with Crippen LogP contribution in [0.15, 0.2) is 4.79 Å². The van der Waals surface area contributed by atoms with Crippen molar-refractivity contribution < 1.29 is 0 Å². The minimum Gasteiger partial charge on any atom is -0.301 e. The van der Waals surface area contributed by atoms with Gasteiger partial charge in [-0.05, 0) is 27.8 Å². The molecule has 4 heteroatoms. The maximum Gasteiger partial charge on any atom is 0.268 e. The van der Waals surface area contributed by atoms with Gasteiger partial charge in [-0.15, -0.1) is 0 Å². The maximum absolute atomic E-state index is 11.8. The van der Waals surface area contributed by atoms with E-state index in [0.29, 0.717) is 0 Å². The summed E-state index contributed by atoms with van der Waals surface area (Å²) in [6, 6.07) is 0. The molecule has 0 atom stereocenters. The molecule has 1 N–H and O–H groups in total. The van der Waals surface area contributed by atoms with E-state index >= 15 is 0 Å². The van der Waals surface area contributed by atoms with Crippen LogP contribution in [0.1, 0.15) is 32.0 Å². The van der Waals surface area contributed by atoms with Crippen LogP contribution in [0.3, 0.4) is 0 Å². The number of aromatic nitrogens is 2. The summed E-state index contributed by atoms with van der Waals surface area (Å²) in [6.45, 7) is 8.14. The van der Waals surface area contributed by atoms with Crippen molar-refractivity contribution in [2.45, 2.75) is 39.3 Å². The Hall–Kier alpha value is -1.03. The number of nitrogens with one attached hydrogen (secondary N) is 1. The van der Waals surface area contributed by atoms with E-state index < -0.39 is 0 Å².